The third-order valence-corrected chi connectivity index (χ3v) is 7.63. The largest absolute Gasteiger partial charge is 0.492 e. The van der Waals surface area contributed by atoms with Crippen LogP contribution in [0.15, 0.2) is 97.1 Å². The molecule has 5 rings (SSSR count). The van der Waals surface area contributed by atoms with E-state index in [0.717, 1.165) is 56.0 Å². The molecule has 4 aromatic rings. The summed E-state index contributed by atoms with van der Waals surface area (Å²) >= 11 is 0. The quantitative estimate of drug-likeness (QED) is 0.216. The first kappa shape index (κ1) is 29.8. The highest BCUT2D eigenvalue weighted by atomic mass is 16.5. The number of amides is 1. The second-order valence-corrected chi connectivity index (χ2v) is 10.4. The summed E-state index contributed by atoms with van der Waals surface area (Å²) < 4.78 is 12.2. The zero-order valence-corrected chi connectivity index (χ0v) is 24.4. The van der Waals surface area contributed by atoms with E-state index in [-0.39, 0.29) is 23.4 Å². The van der Waals surface area contributed by atoms with Crippen molar-refractivity contribution in [2.75, 3.05) is 51.2 Å². The smallest absolute Gasteiger partial charge is 0.337 e. The maximum absolute atomic E-state index is 13.7. The van der Waals surface area contributed by atoms with Crippen LogP contribution in [0.25, 0.3) is 11.1 Å². The first-order valence-corrected chi connectivity index (χ1v) is 14.6. The molecule has 0 spiro atoms. The van der Waals surface area contributed by atoms with E-state index in [0.29, 0.717) is 18.1 Å². The van der Waals surface area contributed by atoms with Crippen molar-refractivity contribution < 1.29 is 24.2 Å². The minimum Gasteiger partial charge on any atom is -0.492 e. The average Bonchev–Trinajstić information content (AvgIpc) is 3.05. The van der Waals surface area contributed by atoms with E-state index in [1.54, 1.807) is 30.3 Å². The monoisotopic (exact) mass is 579 g/mol. The SMILES string of the molecule is CCN1CCN(CCOc2ccc(OCc3ccccc3)c(C(=O)Nc3cc(-c4ccccc4)ccc3C(=O)O)c2)CC1. The third-order valence-electron chi connectivity index (χ3n) is 7.63. The highest BCUT2D eigenvalue weighted by molar-refractivity contribution is 6.09. The number of carbonyl (C=O) groups excluding carboxylic acids is 1. The number of carboxylic acid groups (broad SMARTS) is 1. The van der Waals surface area contributed by atoms with E-state index >= 15 is 0 Å². The van der Waals surface area contributed by atoms with Crippen molar-refractivity contribution in [2.24, 2.45) is 0 Å². The van der Waals surface area contributed by atoms with Gasteiger partial charge in [0.25, 0.3) is 5.91 Å². The van der Waals surface area contributed by atoms with E-state index in [2.05, 4.69) is 22.0 Å². The number of rotatable bonds is 12. The van der Waals surface area contributed by atoms with Crippen LogP contribution in [0.4, 0.5) is 5.69 Å². The van der Waals surface area contributed by atoms with Crippen LogP contribution < -0.4 is 14.8 Å². The second kappa shape index (κ2) is 14.5. The van der Waals surface area contributed by atoms with Crippen LogP contribution in [-0.2, 0) is 6.61 Å². The summed E-state index contributed by atoms with van der Waals surface area (Å²) in [6, 6.07) is 29.4. The van der Waals surface area contributed by atoms with Crippen molar-refractivity contribution in [3.63, 3.8) is 0 Å². The number of benzene rings is 4. The number of carbonyl (C=O) groups is 2. The highest BCUT2D eigenvalue weighted by Gasteiger charge is 2.20. The van der Waals surface area contributed by atoms with Gasteiger partial charge < -0.3 is 24.8 Å². The summed E-state index contributed by atoms with van der Waals surface area (Å²) in [6.45, 7) is 8.92. The summed E-state index contributed by atoms with van der Waals surface area (Å²) in [5.74, 6) is -0.703. The molecule has 1 aliphatic rings. The lowest BCUT2D eigenvalue weighted by molar-refractivity contribution is 0.0698. The van der Waals surface area contributed by atoms with Gasteiger partial charge in [-0.05, 0) is 53.6 Å². The van der Waals surface area contributed by atoms with Gasteiger partial charge in [0.2, 0.25) is 0 Å². The number of aromatic carboxylic acids is 1. The van der Waals surface area contributed by atoms with Gasteiger partial charge in [0.15, 0.2) is 0 Å². The van der Waals surface area contributed by atoms with Gasteiger partial charge in [-0.3, -0.25) is 9.69 Å². The number of piperazine rings is 1. The number of carboxylic acids is 1. The molecule has 0 atom stereocenters. The molecule has 0 unspecified atom stereocenters. The molecule has 0 aromatic heterocycles. The molecule has 8 nitrogen and oxygen atoms in total. The van der Waals surface area contributed by atoms with Gasteiger partial charge in [0, 0.05) is 32.7 Å². The minimum atomic E-state index is -1.13. The molecular formula is C35H37N3O5. The maximum atomic E-state index is 13.7. The number of ether oxygens (including phenoxy) is 2. The molecule has 1 amide bonds. The minimum absolute atomic E-state index is 0.00430. The number of hydrogen-bond donors (Lipinski definition) is 2. The Labute approximate surface area is 252 Å². The molecule has 1 aliphatic heterocycles. The fraction of sp³-hybridized carbons (Fsp3) is 0.257. The molecule has 43 heavy (non-hydrogen) atoms. The lowest BCUT2D eigenvalue weighted by Gasteiger charge is -2.33. The van der Waals surface area contributed by atoms with Gasteiger partial charge >= 0.3 is 5.97 Å². The first-order chi connectivity index (χ1) is 21.0. The fourth-order valence-electron chi connectivity index (χ4n) is 5.09. The predicted molar refractivity (Wildman–Crippen MR) is 168 cm³/mol. The standard InChI is InChI=1S/C35H37N3O5/c1-2-37-17-19-38(20-18-37)21-22-42-29-14-16-33(43-25-26-9-5-3-6-10-26)31(24-29)34(39)36-32-23-28(13-15-30(32)35(40)41)27-11-7-4-8-12-27/h3-16,23-24H,2,17-22,25H2,1H3,(H,36,39)(H,40,41). The summed E-state index contributed by atoms with van der Waals surface area (Å²) in [7, 11) is 0. The van der Waals surface area contributed by atoms with Crippen LogP contribution in [0.1, 0.15) is 33.2 Å². The number of nitrogens with one attached hydrogen (secondary N) is 1. The number of hydrogen-bond acceptors (Lipinski definition) is 6. The Balaban J connectivity index is 1.36. The molecular weight excluding hydrogens is 542 g/mol. The van der Waals surface area contributed by atoms with Crippen LogP contribution in [0.5, 0.6) is 11.5 Å². The Hall–Kier alpha value is -4.66. The summed E-state index contributed by atoms with van der Waals surface area (Å²) in [5, 5.41) is 12.7. The summed E-state index contributed by atoms with van der Waals surface area (Å²) in [4.78, 5) is 30.6. The zero-order valence-electron chi connectivity index (χ0n) is 24.4. The van der Waals surface area contributed by atoms with Crippen molar-refractivity contribution in [1.82, 2.24) is 9.80 Å². The third kappa shape index (κ3) is 8.00. The van der Waals surface area contributed by atoms with Gasteiger partial charge in [-0.15, -0.1) is 0 Å². The predicted octanol–water partition coefficient (Wildman–Crippen LogP) is 5.90. The normalized spacial score (nSPS) is 13.8. The highest BCUT2D eigenvalue weighted by Crippen LogP contribution is 2.30. The van der Waals surface area contributed by atoms with Crippen LogP contribution in [0, 0.1) is 0 Å². The molecule has 1 fully saturated rings. The zero-order chi connectivity index (χ0) is 30.0. The topological polar surface area (TPSA) is 91.3 Å². The summed E-state index contributed by atoms with van der Waals surface area (Å²) in [5.41, 5.74) is 3.11. The number of anilines is 1. The van der Waals surface area contributed by atoms with Gasteiger partial charge in [-0.1, -0.05) is 73.7 Å². The first-order valence-electron chi connectivity index (χ1n) is 14.6. The maximum Gasteiger partial charge on any atom is 0.337 e. The van der Waals surface area contributed by atoms with Crippen LogP contribution in [-0.4, -0.2) is 72.7 Å². The Morgan fingerprint density at radius 3 is 2.16 bits per heavy atom. The number of likely N-dealkylation sites (N-methyl/N-ethyl adjacent to an activating group) is 1. The molecule has 1 saturated heterocycles. The van der Waals surface area contributed by atoms with Crippen molar-refractivity contribution >= 4 is 17.6 Å². The number of nitrogens with zero attached hydrogens (tertiary/aromatic N) is 2. The Bertz CT molecular complexity index is 1520. The van der Waals surface area contributed by atoms with Crippen LogP contribution in [0.2, 0.25) is 0 Å². The van der Waals surface area contributed by atoms with E-state index in [9.17, 15) is 14.7 Å². The second-order valence-electron chi connectivity index (χ2n) is 10.4. The fourth-order valence-corrected chi connectivity index (χ4v) is 5.09. The Morgan fingerprint density at radius 1 is 0.767 bits per heavy atom. The van der Waals surface area contributed by atoms with Crippen LogP contribution in [0.3, 0.4) is 0 Å². The molecule has 0 bridgehead atoms. The lowest BCUT2D eigenvalue weighted by atomic mass is 10.0. The Kier molecular flexibility index (Phi) is 10.0. The van der Waals surface area contributed by atoms with Crippen molar-refractivity contribution in [1.29, 1.82) is 0 Å². The van der Waals surface area contributed by atoms with Gasteiger partial charge in [-0.2, -0.15) is 0 Å². The molecule has 4 aromatic carbocycles. The van der Waals surface area contributed by atoms with Crippen molar-refractivity contribution in [3.8, 4) is 22.6 Å². The molecule has 0 radical (unpaired) electrons. The lowest BCUT2D eigenvalue weighted by Crippen LogP contribution is -2.47. The van der Waals surface area contributed by atoms with Gasteiger partial charge in [-0.25, -0.2) is 4.79 Å². The molecule has 0 aliphatic carbocycles. The van der Waals surface area contributed by atoms with E-state index in [1.807, 2.05) is 60.7 Å². The van der Waals surface area contributed by atoms with Crippen LogP contribution >= 0.6 is 0 Å². The van der Waals surface area contributed by atoms with Gasteiger partial charge in [0.05, 0.1) is 16.8 Å². The molecule has 1 heterocycles. The Morgan fingerprint density at radius 2 is 1.47 bits per heavy atom. The van der Waals surface area contributed by atoms with E-state index in [1.165, 1.54) is 6.07 Å². The van der Waals surface area contributed by atoms with Gasteiger partial charge in [0.1, 0.15) is 24.7 Å². The molecule has 2 N–H and O–H groups in total. The van der Waals surface area contributed by atoms with Crippen molar-refractivity contribution in [3.05, 3.63) is 114 Å². The van der Waals surface area contributed by atoms with E-state index in [4.69, 9.17) is 9.47 Å². The molecule has 222 valence electrons. The average molecular weight is 580 g/mol. The van der Waals surface area contributed by atoms with E-state index < -0.39 is 11.9 Å². The molecule has 8 heteroatoms. The van der Waals surface area contributed by atoms with Crippen molar-refractivity contribution in [2.45, 2.75) is 13.5 Å². The molecule has 0 saturated carbocycles. The summed E-state index contributed by atoms with van der Waals surface area (Å²) in [6.07, 6.45) is 0.